The first-order valence-corrected chi connectivity index (χ1v) is 9.88. The Bertz CT molecular complexity index is 838. The van der Waals surface area contributed by atoms with Crippen LogP contribution in [0, 0.1) is 10.5 Å². The highest BCUT2D eigenvalue weighted by molar-refractivity contribution is 14.1. The number of phenols is 1. The van der Waals surface area contributed by atoms with Crippen LogP contribution in [0.25, 0.3) is 0 Å². The van der Waals surface area contributed by atoms with E-state index < -0.39 is 0 Å². The molecule has 0 heterocycles. The van der Waals surface area contributed by atoms with Crippen molar-refractivity contribution in [3.05, 3.63) is 55.1 Å². The first-order chi connectivity index (χ1) is 12.3. The number of aryl methyl sites for hydroxylation is 1. The SMILES string of the molecule is Cc1ccc(C(C)C)c(OCC(=O)N/N=C/c2cc(Br)cc(I)c2O)c1. The van der Waals surface area contributed by atoms with Crippen LogP contribution in [0.1, 0.15) is 36.5 Å². The number of hydrazone groups is 1. The summed E-state index contributed by atoms with van der Waals surface area (Å²) in [5.41, 5.74) is 5.04. The molecule has 0 radical (unpaired) electrons. The van der Waals surface area contributed by atoms with Gasteiger partial charge in [0.25, 0.3) is 5.91 Å². The second kappa shape index (κ2) is 9.36. The molecule has 138 valence electrons. The maximum absolute atomic E-state index is 12.0. The molecule has 2 aromatic rings. The van der Waals surface area contributed by atoms with Crippen LogP contribution < -0.4 is 10.2 Å². The number of nitrogens with zero attached hydrogens (tertiary/aromatic N) is 1. The average Bonchev–Trinajstić information content (AvgIpc) is 2.57. The van der Waals surface area contributed by atoms with Gasteiger partial charge in [0.1, 0.15) is 11.5 Å². The number of amides is 1. The van der Waals surface area contributed by atoms with E-state index in [0.717, 1.165) is 15.6 Å². The number of halogens is 2. The van der Waals surface area contributed by atoms with Gasteiger partial charge in [-0.25, -0.2) is 5.43 Å². The molecule has 2 aromatic carbocycles. The van der Waals surface area contributed by atoms with E-state index in [4.69, 9.17) is 4.74 Å². The van der Waals surface area contributed by atoms with Gasteiger partial charge in [-0.1, -0.05) is 41.9 Å². The van der Waals surface area contributed by atoms with Crippen molar-refractivity contribution < 1.29 is 14.6 Å². The summed E-state index contributed by atoms with van der Waals surface area (Å²) in [5.74, 6) is 0.748. The molecule has 0 atom stereocenters. The van der Waals surface area contributed by atoms with Crippen molar-refractivity contribution in [3.63, 3.8) is 0 Å². The van der Waals surface area contributed by atoms with Crippen LogP contribution >= 0.6 is 38.5 Å². The molecule has 0 bridgehead atoms. The zero-order valence-electron chi connectivity index (χ0n) is 14.7. The van der Waals surface area contributed by atoms with Crippen molar-refractivity contribution in [2.24, 2.45) is 5.10 Å². The first kappa shape index (κ1) is 20.7. The van der Waals surface area contributed by atoms with Crippen molar-refractivity contribution in [2.45, 2.75) is 26.7 Å². The zero-order chi connectivity index (χ0) is 19.3. The van der Waals surface area contributed by atoms with Gasteiger partial charge in [0.15, 0.2) is 6.61 Å². The number of carbonyl (C=O) groups excluding carboxylic acids is 1. The van der Waals surface area contributed by atoms with Gasteiger partial charge < -0.3 is 9.84 Å². The first-order valence-electron chi connectivity index (χ1n) is 8.01. The average molecular weight is 531 g/mol. The molecule has 7 heteroatoms. The third-order valence-corrected chi connectivity index (χ3v) is 4.88. The Hall–Kier alpha value is -1.61. The summed E-state index contributed by atoms with van der Waals surface area (Å²) in [6.07, 6.45) is 1.40. The number of aromatic hydroxyl groups is 1. The largest absolute Gasteiger partial charge is 0.506 e. The van der Waals surface area contributed by atoms with Gasteiger partial charge >= 0.3 is 0 Å². The van der Waals surface area contributed by atoms with Crippen molar-refractivity contribution >= 4 is 50.6 Å². The number of ether oxygens (including phenoxy) is 1. The molecular weight excluding hydrogens is 511 g/mol. The number of carbonyl (C=O) groups is 1. The summed E-state index contributed by atoms with van der Waals surface area (Å²) in [7, 11) is 0. The van der Waals surface area contributed by atoms with E-state index >= 15 is 0 Å². The van der Waals surface area contributed by atoms with E-state index in [1.807, 2.05) is 47.7 Å². The molecule has 0 spiro atoms. The fourth-order valence-electron chi connectivity index (χ4n) is 2.28. The summed E-state index contributed by atoms with van der Waals surface area (Å²) in [6, 6.07) is 9.47. The van der Waals surface area contributed by atoms with E-state index in [0.29, 0.717) is 20.8 Å². The Labute approximate surface area is 175 Å². The normalized spacial score (nSPS) is 11.2. The number of phenolic OH excluding ortho intramolecular Hbond substituents is 1. The quantitative estimate of drug-likeness (QED) is 0.322. The zero-order valence-corrected chi connectivity index (χ0v) is 18.5. The number of rotatable bonds is 6. The molecule has 0 aliphatic heterocycles. The summed E-state index contributed by atoms with van der Waals surface area (Å²) in [6.45, 7) is 6.00. The number of hydrogen-bond donors (Lipinski definition) is 2. The molecule has 2 rings (SSSR count). The predicted molar refractivity (Wildman–Crippen MR) is 115 cm³/mol. The summed E-state index contributed by atoms with van der Waals surface area (Å²) >= 11 is 5.38. The van der Waals surface area contributed by atoms with Gasteiger partial charge in [-0.05, 0) is 64.8 Å². The van der Waals surface area contributed by atoms with Gasteiger partial charge in [-0.3, -0.25) is 4.79 Å². The molecular formula is C19H20BrIN2O3. The van der Waals surface area contributed by atoms with Crippen LogP contribution in [0.15, 0.2) is 39.9 Å². The van der Waals surface area contributed by atoms with E-state index in [1.54, 1.807) is 12.1 Å². The Morgan fingerprint density at radius 1 is 1.38 bits per heavy atom. The second-order valence-corrected chi connectivity index (χ2v) is 8.18. The van der Waals surface area contributed by atoms with Crippen LogP contribution in [-0.4, -0.2) is 23.8 Å². The summed E-state index contributed by atoms with van der Waals surface area (Å²) in [4.78, 5) is 12.0. The minimum atomic E-state index is -0.373. The molecule has 0 aliphatic carbocycles. The van der Waals surface area contributed by atoms with Crippen molar-refractivity contribution in [2.75, 3.05) is 6.61 Å². The van der Waals surface area contributed by atoms with Crippen molar-refractivity contribution in [3.8, 4) is 11.5 Å². The molecule has 0 saturated heterocycles. The van der Waals surface area contributed by atoms with Gasteiger partial charge in [0.05, 0.1) is 9.78 Å². The highest BCUT2D eigenvalue weighted by Gasteiger charge is 2.10. The van der Waals surface area contributed by atoms with Gasteiger partial charge in [0.2, 0.25) is 0 Å². The summed E-state index contributed by atoms with van der Waals surface area (Å²) < 4.78 is 7.17. The Balaban J connectivity index is 1.97. The van der Waals surface area contributed by atoms with Gasteiger partial charge in [0, 0.05) is 10.0 Å². The van der Waals surface area contributed by atoms with Gasteiger partial charge in [-0.2, -0.15) is 5.10 Å². The maximum Gasteiger partial charge on any atom is 0.277 e. The van der Waals surface area contributed by atoms with Crippen LogP contribution in [0.5, 0.6) is 11.5 Å². The highest BCUT2D eigenvalue weighted by atomic mass is 127. The van der Waals surface area contributed by atoms with E-state index in [1.165, 1.54) is 6.21 Å². The lowest BCUT2D eigenvalue weighted by Crippen LogP contribution is -2.25. The molecule has 0 saturated carbocycles. The molecule has 0 aliphatic rings. The Kier molecular flexibility index (Phi) is 7.45. The number of benzene rings is 2. The third kappa shape index (κ3) is 5.70. The van der Waals surface area contributed by atoms with E-state index in [9.17, 15) is 9.90 Å². The van der Waals surface area contributed by atoms with E-state index in [-0.39, 0.29) is 18.3 Å². The lowest BCUT2D eigenvalue weighted by atomic mass is 10.0. The topological polar surface area (TPSA) is 70.9 Å². The van der Waals surface area contributed by atoms with Crippen LogP contribution in [0.2, 0.25) is 0 Å². The Morgan fingerprint density at radius 3 is 2.81 bits per heavy atom. The van der Waals surface area contributed by atoms with Gasteiger partial charge in [-0.15, -0.1) is 0 Å². The fourth-order valence-corrected chi connectivity index (χ4v) is 3.83. The molecule has 5 nitrogen and oxygen atoms in total. The number of nitrogens with one attached hydrogen (secondary N) is 1. The molecule has 26 heavy (non-hydrogen) atoms. The molecule has 0 fully saturated rings. The lowest BCUT2D eigenvalue weighted by Gasteiger charge is -2.14. The van der Waals surface area contributed by atoms with Crippen LogP contribution in [0.4, 0.5) is 0 Å². The minimum absolute atomic E-state index is 0.115. The van der Waals surface area contributed by atoms with Crippen molar-refractivity contribution in [1.29, 1.82) is 0 Å². The van der Waals surface area contributed by atoms with Crippen LogP contribution in [0.3, 0.4) is 0 Å². The predicted octanol–water partition coefficient (Wildman–Crippen LogP) is 4.72. The summed E-state index contributed by atoms with van der Waals surface area (Å²) in [5, 5.41) is 13.9. The highest BCUT2D eigenvalue weighted by Crippen LogP contribution is 2.28. The maximum atomic E-state index is 12.0. The molecule has 1 amide bonds. The van der Waals surface area contributed by atoms with Crippen molar-refractivity contribution in [1.82, 2.24) is 5.43 Å². The molecule has 2 N–H and O–H groups in total. The van der Waals surface area contributed by atoms with Crippen LogP contribution in [-0.2, 0) is 4.79 Å². The van der Waals surface area contributed by atoms with E-state index in [2.05, 4.69) is 40.3 Å². The fraction of sp³-hybridized carbons (Fsp3) is 0.263. The second-order valence-electron chi connectivity index (χ2n) is 6.10. The smallest absolute Gasteiger partial charge is 0.277 e. The lowest BCUT2D eigenvalue weighted by molar-refractivity contribution is -0.123. The monoisotopic (exact) mass is 530 g/mol. The third-order valence-electron chi connectivity index (χ3n) is 3.60. The standard InChI is InChI=1S/C19H20BrIN2O3/c1-11(2)15-5-4-12(3)6-17(15)26-10-18(24)23-22-9-13-7-14(20)8-16(21)19(13)25/h4-9,11,25H,10H2,1-3H3,(H,23,24)/b22-9+. The molecule has 0 aromatic heterocycles. The minimum Gasteiger partial charge on any atom is -0.506 e. The molecule has 0 unspecified atom stereocenters. The Morgan fingerprint density at radius 2 is 2.12 bits per heavy atom. The number of hydrogen-bond acceptors (Lipinski definition) is 4.